The van der Waals surface area contributed by atoms with Gasteiger partial charge in [-0.3, -0.25) is 4.79 Å². The molecule has 0 spiro atoms. The minimum Gasteiger partial charge on any atom is -0.466 e. The van der Waals surface area contributed by atoms with E-state index in [1.54, 1.807) is 0 Å². The van der Waals surface area contributed by atoms with Crippen molar-refractivity contribution >= 4 is 5.97 Å². The Morgan fingerprint density at radius 3 is 1.23 bits per heavy atom. The zero-order valence-corrected chi connectivity index (χ0v) is 31.6. The summed E-state index contributed by atoms with van der Waals surface area (Å²) in [6.07, 6.45) is 25.9. The van der Waals surface area contributed by atoms with E-state index in [-0.39, 0.29) is 19.2 Å². The van der Waals surface area contributed by atoms with Crippen LogP contribution in [0.2, 0.25) is 0 Å². The van der Waals surface area contributed by atoms with Crippen molar-refractivity contribution in [2.45, 2.75) is 218 Å². The second kappa shape index (κ2) is 37.5. The number of ether oxygens (including phenoxy) is 3. The number of esters is 1. The first kappa shape index (κ1) is 47.2. The molecule has 0 rings (SSSR count). The molecule has 0 aromatic rings. The molecule has 0 aliphatic rings. The predicted octanol–water partition coefficient (Wildman–Crippen LogP) is 8.97. The molecular weight excluding hydrogens is 608 g/mol. The van der Waals surface area contributed by atoms with Gasteiger partial charge < -0.3 is 34.6 Å². The van der Waals surface area contributed by atoms with Crippen LogP contribution in [-0.4, -0.2) is 83.8 Å². The SMILES string of the molecule is CCCCCCC(OCCCCCCCCCCO)C(O)C(O)C(CCCCCCCC(=O)OCC)OCCCCCCCCCCO. The van der Waals surface area contributed by atoms with Crippen molar-refractivity contribution in [2.75, 3.05) is 33.0 Å². The van der Waals surface area contributed by atoms with Crippen LogP contribution in [0.3, 0.4) is 0 Å². The summed E-state index contributed by atoms with van der Waals surface area (Å²) in [5.41, 5.74) is 0. The Kier molecular flexibility index (Phi) is 36.9. The lowest BCUT2D eigenvalue weighted by Gasteiger charge is -2.32. The number of carbonyl (C=O) groups excluding carboxylic acids is 1. The zero-order valence-electron chi connectivity index (χ0n) is 31.6. The van der Waals surface area contributed by atoms with Crippen LogP contribution >= 0.6 is 0 Å². The van der Waals surface area contributed by atoms with E-state index in [4.69, 9.17) is 24.4 Å². The van der Waals surface area contributed by atoms with E-state index in [0.717, 1.165) is 116 Å². The van der Waals surface area contributed by atoms with Crippen molar-refractivity contribution < 1.29 is 39.4 Å². The van der Waals surface area contributed by atoms with E-state index < -0.39 is 24.4 Å². The topological polar surface area (TPSA) is 126 Å². The highest BCUT2D eigenvalue weighted by Crippen LogP contribution is 2.22. The van der Waals surface area contributed by atoms with Gasteiger partial charge >= 0.3 is 5.97 Å². The van der Waals surface area contributed by atoms with Gasteiger partial charge in [-0.05, 0) is 51.9 Å². The fraction of sp³-hybridized carbons (Fsp3) is 0.975. The van der Waals surface area contributed by atoms with Gasteiger partial charge in [0.25, 0.3) is 0 Å². The molecule has 4 unspecified atom stereocenters. The molecule has 4 N–H and O–H groups in total. The van der Waals surface area contributed by atoms with E-state index in [0.29, 0.717) is 32.7 Å². The number of hydrogen-bond acceptors (Lipinski definition) is 8. The largest absolute Gasteiger partial charge is 0.466 e. The van der Waals surface area contributed by atoms with Gasteiger partial charge in [-0.1, -0.05) is 135 Å². The summed E-state index contributed by atoms with van der Waals surface area (Å²) in [6, 6.07) is 0. The van der Waals surface area contributed by atoms with E-state index in [1.807, 2.05) is 6.92 Å². The molecular formula is C40H80O8. The number of carbonyl (C=O) groups is 1. The molecule has 0 fully saturated rings. The van der Waals surface area contributed by atoms with Crippen LogP contribution in [0.1, 0.15) is 194 Å². The molecule has 8 heteroatoms. The first-order chi connectivity index (χ1) is 23.5. The lowest BCUT2D eigenvalue weighted by molar-refractivity contribution is -0.143. The molecule has 0 heterocycles. The molecule has 0 radical (unpaired) electrons. The molecule has 0 aromatic carbocycles. The third-order valence-corrected chi connectivity index (χ3v) is 9.40. The maximum absolute atomic E-state index is 11.6. The molecule has 0 aliphatic heterocycles. The third-order valence-electron chi connectivity index (χ3n) is 9.40. The average Bonchev–Trinajstić information content (AvgIpc) is 3.08. The van der Waals surface area contributed by atoms with E-state index in [9.17, 15) is 15.0 Å². The van der Waals surface area contributed by atoms with Crippen LogP contribution < -0.4 is 0 Å². The van der Waals surface area contributed by atoms with Gasteiger partial charge in [-0.15, -0.1) is 0 Å². The fourth-order valence-electron chi connectivity index (χ4n) is 6.31. The number of aliphatic hydroxyl groups excluding tert-OH is 4. The Hall–Kier alpha value is -0.770. The van der Waals surface area contributed by atoms with Gasteiger partial charge in [-0.2, -0.15) is 0 Å². The summed E-state index contributed by atoms with van der Waals surface area (Å²) in [7, 11) is 0. The number of aliphatic hydroxyl groups is 4. The molecule has 0 aromatic heterocycles. The number of rotatable bonds is 39. The molecule has 48 heavy (non-hydrogen) atoms. The zero-order chi connectivity index (χ0) is 35.3. The summed E-state index contributed by atoms with van der Waals surface area (Å²) in [5.74, 6) is -0.124. The van der Waals surface area contributed by atoms with Crippen LogP contribution in [0.15, 0.2) is 0 Å². The Bertz CT molecular complexity index is 649. The summed E-state index contributed by atoms with van der Waals surface area (Å²) in [5, 5.41) is 40.8. The van der Waals surface area contributed by atoms with E-state index >= 15 is 0 Å². The van der Waals surface area contributed by atoms with Crippen LogP contribution in [0, 0.1) is 0 Å². The van der Waals surface area contributed by atoms with Gasteiger partial charge in [0.2, 0.25) is 0 Å². The van der Waals surface area contributed by atoms with Crippen molar-refractivity contribution in [3.05, 3.63) is 0 Å². The lowest BCUT2D eigenvalue weighted by Crippen LogP contribution is -2.46. The normalized spacial score (nSPS) is 14.2. The maximum atomic E-state index is 11.6. The second-order valence-electron chi connectivity index (χ2n) is 13.9. The fourth-order valence-corrected chi connectivity index (χ4v) is 6.31. The number of unbranched alkanes of at least 4 members (excludes halogenated alkanes) is 21. The Morgan fingerprint density at radius 1 is 0.479 bits per heavy atom. The quantitative estimate of drug-likeness (QED) is 0.0373. The molecule has 4 atom stereocenters. The van der Waals surface area contributed by atoms with Crippen molar-refractivity contribution in [3.63, 3.8) is 0 Å². The van der Waals surface area contributed by atoms with Crippen molar-refractivity contribution in [3.8, 4) is 0 Å². The Morgan fingerprint density at radius 2 is 0.833 bits per heavy atom. The van der Waals surface area contributed by atoms with Crippen molar-refractivity contribution in [1.82, 2.24) is 0 Å². The molecule has 0 saturated heterocycles. The highest BCUT2D eigenvalue weighted by Gasteiger charge is 2.33. The summed E-state index contributed by atoms with van der Waals surface area (Å²) < 4.78 is 17.6. The summed E-state index contributed by atoms with van der Waals surface area (Å²) in [6.45, 7) is 6.22. The lowest BCUT2D eigenvalue weighted by atomic mass is 9.95. The highest BCUT2D eigenvalue weighted by atomic mass is 16.5. The van der Waals surface area contributed by atoms with Gasteiger partial charge in [-0.25, -0.2) is 0 Å². The summed E-state index contributed by atoms with van der Waals surface area (Å²) >= 11 is 0. The molecule has 0 bridgehead atoms. The molecule has 0 aliphatic carbocycles. The highest BCUT2D eigenvalue weighted by molar-refractivity contribution is 5.69. The van der Waals surface area contributed by atoms with Crippen LogP contribution in [0.4, 0.5) is 0 Å². The summed E-state index contributed by atoms with van der Waals surface area (Å²) in [4.78, 5) is 11.6. The minimum atomic E-state index is -0.990. The van der Waals surface area contributed by atoms with Gasteiger partial charge in [0.15, 0.2) is 0 Å². The van der Waals surface area contributed by atoms with Gasteiger partial charge in [0, 0.05) is 32.8 Å². The first-order valence-electron chi connectivity index (χ1n) is 20.5. The third kappa shape index (κ3) is 30.1. The molecule has 288 valence electrons. The smallest absolute Gasteiger partial charge is 0.305 e. The standard InChI is InChI=1S/C40H80O8/c1-3-5-6-22-29-36(47-34-27-20-13-9-7-11-18-25-32-41)39(44)40(45)37(30-23-16-15-17-24-31-38(43)46-4-2)48-35-28-21-14-10-8-12-19-26-33-42/h36-37,39-42,44-45H,3-35H2,1-2H3. The van der Waals surface area contributed by atoms with Gasteiger partial charge in [0.1, 0.15) is 12.2 Å². The van der Waals surface area contributed by atoms with Crippen molar-refractivity contribution in [2.24, 2.45) is 0 Å². The van der Waals surface area contributed by atoms with E-state index in [1.165, 1.54) is 51.4 Å². The average molecular weight is 689 g/mol. The molecule has 0 amide bonds. The van der Waals surface area contributed by atoms with Gasteiger partial charge in [0.05, 0.1) is 18.8 Å². The minimum absolute atomic E-state index is 0.124. The number of hydrogen-bond donors (Lipinski definition) is 4. The van der Waals surface area contributed by atoms with Crippen LogP contribution in [-0.2, 0) is 19.0 Å². The molecule has 8 nitrogen and oxygen atoms in total. The monoisotopic (exact) mass is 689 g/mol. The predicted molar refractivity (Wildman–Crippen MR) is 197 cm³/mol. The van der Waals surface area contributed by atoms with Crippen LogP contribution in [0.5, 0.6) is 0 Å². The van der Waals surface area contributed by atoms with Crippen LogP contribution in [0.25, 0.3) is 0 Å². The second-order valence-corrected chi connectivity index (χ2v) is 13.9. The Balaban J connectivity index is 4.89. The first-order valence-corrected chi connectivity index (χ1v) is 20.5. The van der Waals surface area contributed by atoms with E-state index in [2.05, 4.69) is 6.92 Å². The maximum Gasteiger partial charge on any atom is 0.305 e. The van der Waals surface area contributed by atoms with Crippen molar-refractivity contribution in [1.29, 1.82) is 0 Å². The Labute approximate surface area is 296 Å². The molecule has 0 saturated carbocycles.